The van der Waals surface area contributed by atoms with E-state index in [1.165, 1.54) is 24.6 Å². The fourth-order valence-corrected chi connectivity index (χ4v) is 5.19. The highest BCUT2D eigenvalue weighted by atomic mass is 32.2. The molecule has 0 fully saturated rings. The lowest BCUT2D eigenvalue weighted by Crippen LogP contribution is -2.29. The average Bonchev–Trinajstić information content (AvgIpc) is 2.83. The van der Waals surface area contributed by atoms with E-state index in [0.717, 1.165) is 0 Å². The Hall–Kier alpha value is -2.54. The number of rotatable bonds is 4. The number of esters is 1. The highest BCUT2D eigenvalue weighted by molar-refractivity contribution is 7.93. The van der Waals surface area contributed by atoms with E-state index in [4.69, 9.17) is 9.47 Å². The molecule has 25 heavy (non-hydrogen) atoms. The Kier molecular flexibility index (Phi) is 4.43. The molecule has 0 spiro atoms. The fourth-order valence-electron chi connectivity index (χ4n) is 3.25. The van der Waals surface area contributed by atoms with Gasteiger partial charge in [-0.1, -0.05) is 18.2 Å². The SMILES string of the molecule is COC(=O)CC1c2c(ccc(OC)c2C)S(=O)(=O)N1c1ccccc1. The van der Waals surface area contributed by atoms with Crippen molar-refractivity contribution in [3.63, 3.8) is 0 Å². The number of para-hydroxylation sites is 1. The van der Waals surface area contributed by atoms with Crippen LogP contribution in [0.1, 0.15) is 23.6 Å². The number of fused-ring (bicyclic) bond motifs is 1. The zero-order valence-electron chi connectivity index (χ0n) is 14.2. The van der Waals surface area contributed by atoms with Gasteiger partial charge in [0.25, 0.3) is 10.0 Å². The van der Waals surface area contributed by atoms with Crippen LogP contribution >= 0.6 is 0 Å². The van der Waals surface area contributed by atoms with Gasteiger partial charge in [0, 0.05) is 5.56 Å². The summed E-state index contributed by atoms with van der Waals surface area (Å²) >= 11 is 0. The molecular formula is C18H19NO5S. The maximum Gasteiger partial charge on any atom is 0.307 e. The molecule has 0 radical (unpaired) electrons. The molecule has 0 amide bonds. The zero-order valence-corrected chi connectivity index (χ0v) is 15.0. The van der Waals surface area contributed by atoms with Crippen molar-refractivity contribution in [2.24, 2.45) is 0 Å². The second-order valence-electron chi connectivity index (χ2n) is 5.74. The number of sulfonamides is 1. The largest absolute Gasteiger partial charge is 0.496 e. The summed E-state index contributed by atoms with van der Waals surface area (Å²) in [6.45, 7) is 1.80. The minimum atomic E-state index is -3.78. The van der Waals surface area contributed by atoms with Crippen molar-refractivity contribution >= 4 is 21.7 Å². The zero-order chi connectivity index (χ0) is 18.2. The van der Waals surface area contributed by atoms with E-state index in [-0.39, 0.29) is 11.3 Å². The van der Waals surface area contributed by atoms with Gasteiger partial charge in [-0.2, -0.15) is 0 Å². The molecule has 0 saturated heterocycles. The minimum absolute atomic E-state index is 0.0777. The molecule has 0 aliphatic carbocycles. The van der Waals surface area contributed by atoms with Crippen LogP contribution in [0.15, 0.2) is 47.4 Å². The van der Waals surface area contributed by atoms with Crippen molar-refractivity contribution in [3.05, 3.63) is 53.6 Å². The van der Waals surface area contributed by atoms with Crippen molar-refractivity contribution < 1.29 is 22.7 Å². The smallest absolute Gasteiger partial charge is 0.307 e. The first-order valence-electron chi connectivity index (χ1n) is 7.75. The van der Waals surface area contributed by atoms with Crippen molar-refractivity contribution in [1.82, 2.24) is 0 Å². The summed E-state index contributed by atoms with van der Waals surface area (Å²) < 4.78 is 37.7. The van der Waals surface area contributed by atoms with E-state index in [9.17, 15) is 13.2 Å². The molecule has 1 heterocycles. The van der Waals surface area contributed by atoms with Crippen LogP contribution in [0.2, 0.25) is 0 Å². The van der Waals surface area contributed by atoms with Gasteiger partial charge >= 0.3 is 5.97 Å². The van der Waals surface area contributed by atoms with E-state index in [0.29, 0.717) is 22.6 Å². The number of nitrogens with zero attached hydrogens (tertiary/aromatic N) is 1. The standard InChI is InChI=1S/C18H19NO5S/c1-12-15(23-2)9-10-16-18(12)14(11-17(20)24-3)19(25(16,21)22)13-7-5-4-6-8-13/h4-10,14H,11H2,1-3H3. The van der Waals surface area contributed by atoms with Gasteiger partial charge in [0.1, 0.15) is 5.75 Å². The molecule has 0 saturated carbocycles. The molecule has 0 bridgehead atoms. The Morgan fingerprint density at radius 3 is 2.40 bits per heavy atom. The van der Waals surface area contributed by atoms with Crippen molar-refractivity contribution in [1.29, 1.82) is 0 Å². The van der Waals surface area contributed by atoms with Crippen LogP contribution in [0.5, 0.6) is 5.75 Å². The van der Waals surface area contributed by atoms with Crippen LogP contribution in [0.3, 0.4) is 0 Å². The predicted octanol–water partition coefficient (Wildman–Crippen LogP) is 2.82. The number of carbonyl (C=O) groups is 1. The van der Waals surface area contributed by atoms with Crippen molar-refractivity contribution in [2.75, 3.05) is 18.5 Å². The number of benzene rings is 2. The summed E-state index contributed by atoms with van der Waals surface area (Å²) in [5.74, 6) is 0.106. The number of anilines is 1. The molecule has 6 nitrogen and oxygen atoms in total. The maximum absolute atomic E-state index is 13.1. The van der Waals surface area contributed by atoms with Gasteiger partial charge in [-0.3, -0.25) is 9.10 Å². The summed E-state index contributed by atoms with van der Waals surface area (Å²) in [5, 5.41) is 0. The van der Waals surface area contributed by atoms with Gasteiger partial charge < -0.3 is 9.47 Å². The van der Waals surface area contributed by atoms with Crippen molar-refractivity contribution in [3.8, 4) is 5.75 Å². The average molecular weight is 361 g/mol. The van der Waals surface area contributed by atoms with Crippen LogP contribution in [0.4, 0.5) is 5.69 Å². The maximum atomic E-state index is 13.1. The summed E-state index contributed by atoms with van der Waals surface area (Å²) in [7, 11) is -0.960. The first-order valence-corrected chi connectivity index (χ1v) is 9.19. The molecule has 132 valence electrons. The molecule has 1 aliphatic rings. The molecule has 1 unspecified atom stereocenters. The first-order chi connectivity index (χ1) is 11.9. The van der Waals surface area contributed by atoms with Gasteiger partial charge in [0.15, 0.2) is 0 Å². The third kappa shape index (κ3) is 2.74. The molecule has 7 heteroatoms. The molecule has 3 rings (SSSR count). The van der Waals surface area contributed by atoms with E-state index < -0.39 is 22.0 Å². The Morgan fingerprint density at radius 1 is 1.12 bits per heavy atom. The second kappa shape index (κ2) is 6.40. The van der Waals surface area contributed by atoms with Crippen LogP contribution < -0.4 is 9.04 Å². The van der Waals surface area contributed by atoms with Crippen LogP contribution in [-0.4, -0.2) is 28.6 Å². The second-order valence-corrected chi connectivity index (χ2v) is 7.52. The monoisotopic (exact) mass is 361 g/mol. The topological polar surface area (TPSA) is 72.9 Å². The predicted molar refractivity (Wildman–Crippen MR) is 93.2 cm³/mol. The molecular weight excluding hydrogens is 342 g/mol. The van der Waals surface area contributed by atoms with Gasteiger partial charge in [0.2, 0.25) is 0 Å². The molecule has 1 atom stereocenters. The summed E-state index contributed by atoms with van der Waals surface area (Å²) in [5.41, 5.74) is 1.79. The minimum Gasteiger partial charge on any atom is -0.496 e. The van der Waals surface area contributed by atoms with E-state index in [1.807, 2.05) is 6.07 Å². The van der Waals surface area contributed by atoms with Crippen LogP contribution in [0, 0.1) is 6.92 Å². The van der Waals surface area contributed by atoms with Crippen LogP contribution in [-0.2, 0) is 19.6 Å². The highest BCUT2D eigenvalue weighted by Gasteiger charge is 2.45. The number of carbonyl (C=O) groups excluding carboxylic acids is 1. The lowest BCUT2D eigenvalue weighted by Gasteiger charge is -2.25. The van der Waals surface area contributed by atoms with Crippen molar-refractivity contribution in [2.45, 2.75) is 24.3 Å². The number of hydrogen-bond acceptors (Lipinski definition) is 5. The Balaban J connectivity index is 2.25. The number of ether oxygens (including phenoxy) is 2. The number of hydrogen-bond donors (Lipinski definition) is 0. The third-order valence-electron chi connectivity index (χ3n) is 4.40. The van der Waals surface area contributed by atoms with Gasteiger partial charge in [-0.15, -0.1) is 0 Å². The van der Waals surface area contributed by atoms with E-state index in [2.05, 4.69) is 0 Å². The Bertz CT molecular complexity index is 909. The third-order valence-corrected chi connectivity index (χ3v) is 6.29. The van der Waals surface area contributed by atoms with E-state index in [1.54, 1.807) is 37.3 Å². The van der Waals surface area contributed by atoms with Gasteiger partial charge in [-0.25, -0.2) is 8.42 Å². The molecule has 0 N–H and O–H groups in total. The quantitative estimate of drug-likeness (QED) is 0.783. The first kappa shape index (κ1) is 17.3. The molecule has 1 aliphatic heterocycles. The highest BCUT2D eigenvalue weighted by Crippen LogP contribution is 2.47. The summed E-state index contributed by atoms with van der Waals surface area (Å²) in [6, 6.07) is 11.2. The fraction of sp³-hybridized carbons (Fsp3) is 0.278. The molecule has 2 aromatic rings. The molecule has 2 aromatic carbocycles. The number of methoxy groups -OCH3 is 2. The summed E-state index contributed by atoms with van der Waals surface area (Å²) in [4.78, 5) is 12.2. The summed E-state index contributed by atoms with van der Waals surface area (Å²) in [6.07, 6.45) is -0.0777. The van der Waals surface area contributed by atoms with Crippen LogP contribution in [0.25, 0.3) is 0 Å². The van der Waals surface area contributed by atoms with E-state index >= 15 is 0 Å². The molecule has 0 aromatic heterocycles. The van der Waals surface area contributed by atoms with Gasteiger partial charge in [0.05, 0.1) is 37.3 Å². The lowest BCUT2D eigenvalue weighted by atomic mass is 9.97. The van der Waals surface area contributed by atoms with Gasteiger partial charge in [-0.05, 0) is 36.8 Å². The normalized spacial score (nSPS) is 17.9. The lowest BCUT2D eigenvalue weighted by molar-refractivity contribution is -0.141. The Labute approximate surface area is 147 Å². The Morgan fingerprint density at radius 2 is 1.80 bits per heavy atom.